The smallest absolute Gasteiger partial charge is 0.244 e. The first-order valence-corrected chi connectivity index (χ1v) is 29.5. The lowest BCUT2D eigenvalue weighted by molar-refractivity contribution is -0.136. The molecule has 8 atom stereocenters. The molecule has 10 amide bonds. The van der Waals surface area contributed by atoms with Crippen LogP contribution in [-0.2, 0) is 60.8 Å². The van der Waals surface area contributed by atoms with Crippen LogP contribution >= 0.6 is 21.6 Å². The molecule has 2 heterocycles. The maximum atomic E-state index is 14.7. The number of H-pyrrole nitrogens is 1. The summed E-state index contributed by atoms with van der Waals surface area (Å²) in [5, 5.41) is 25.7. The predicted octanol–water partition coefficient (Wildman–Crippen LogP) is 0.342. The van der Waals surface area contributed by atoms with E-state index < -0.39 is 101 Å². The first kappa shape index (κ1) is 64.8. The quantitative estimate of drug-likeness (QED) is 0.0402. The van der Waals surface area contributed by atoms with Gasteiger partial charge in [-0.05, 0) is 100 Å². The van der Waals surface area contributed by atoms with E-state index in [4.69, 9.17) is 17.2 Å². The van der Waals surface area contributed by atoms with Gasteiger partial charge in [-0.2, -0.15) is 0 Å². The number of carbonyl (C=O) groups is 10. The van der Waals surface area contributed by atoms with Gasteiger partial charge < -0.3 is 70.0 Å². The van der Waals surface area contributed by atoms with E-state index in [0.717, 1.165) is 32.5 Å². The molecule has 1 fully saturated rings. The van der Waals surface area contributed by atoms with Crippen LogP contribution < -0.4 is 65.1 Å². The number of aromatic nitrogens is 1. The molecule has 0 radical (unpaired) electrons. The van der Waals surface area contributed by atoms with Crippen LogP contribution in [0.25, 0.3) is 10.9 Å². The molecule has 1 aromatic heterocycles. The molecule has 0 saturated carbocycles. The lowest BCUT2D eigenvalue weighted by atomic mass is 10.0. The number of fused-ring (bicyclic) bond motifs is 1. The van der Waals surface area contributed by atoms with Gasteiger partial charge in [-0.15, -0.1) is 0 Å². The van der Waals surface area contributed by atoms with Crippen molar-refractivity contribution in [2.45, 2.75) is 153 Å². The molecule has 0 unspecified atom stereocenters. The van der Waals surface area contributed by atoms with Gasteiger partial charge in [0.1, 0.15) is 48.3 Å². The Morgan fingerprint density at radius 2 is 1.23 bits per heavy atom. The number of benzene rings is 2. The minimum Gasteiger partial charge on any atom is -0.368 e. The van der Waals surface area contributed by atoms with Crippen LogP contribution in [0.3, 0.4) is 0 Å². The monoisotopic (exact) mass is 1140 g/mol. The van der Waals surface area contributed by atoms with Crippen LogP contribution in [0, 0.1) is 5.92 Å². The average Bonchev–Trinajstić information content (AvgIpc) is 3.83. The van der Waals surface area contributed by atoms with Gasteiger partial charge in [0.05, 0.1) is 0 Å². The number of carbonyl (C=O) groups excluding carboxylic acids is 10. The molecule has 1 saturated heterocycles. The van der Waals surface area contributed by atoms with Crippen LogP contribution in [0.5, 0.6) is 0 Å². The maximum Gasteiger partial charge on any atom is 0.244 e. The van der Waals surface area contributed by atoms with Gasteiger partial charge >= 0.3 is 0 Å². The number of nitrogens with one attached hydrogen (secondary N) is 10. The Hall–Kier alpha value is -6.70. The van der Waals surface area contributed by atoms with Crippen LogP contribution in [-0.4, -0.2) is 144 Å². The first-order chi connectivity index (χ1) is 37.8. The van der Waals surface area contributed by atoms with Gasteiger partial charge in [-0.1, -0.05) is 84.0 Å². The Balaban J connectivity index is 1.79. The Morgan fingerprint density at radius 3 is 1.86 bits per heavy atom. The summed E-state index contributed by atoms with van der Waals surface area (Å²) in [6.45, 7) is 7.21. The molecule has 4 rings (SSSR count). The topological polar surface area (TPSA) is 373 Å². The molecule has 3 aromatic rings. The normalized spacial score (nSPS) is 20.8. The molecule has 0 bridgehead atoms. The molecular formula is C54H81N13O10S2. The summed E-state index contributed by atoms with van der Waals surface area (Å²) in [6, 6.07) is 6.13. The average molecular weight is 1140 g/mol. The Bertz CT molecular complexity index is 2520. The summed E-state index contributed by atoms with van der Waals surface area (Å²) < 4.78 is 0. The van der Waals surface area contributed by atoms with Crippen molar-refractivity contribution in [1.29, 1.82) is 0 Å². The Labute approximate surface area is 469 Å². The standard InChI is InChI=1S/C54H81N13O10S2/c1-32(2)26-42-50(73)67-46(54(77)65-43(27-35-16-6-5-7-17-35)51(74)61-39(47(57)70)20-10-13-23-55)31-79-78-30-45(60-34(4)69)53(76)66-44(28-36-29-59-38-19-9-8-18-37(36)38)52(75)63-40(21-11-14-24-56)48(71)62-41(49(72)64-42)22-12-15-25-58-33(3)68/h5-9,16-19,29,32,39-46,59H,10-15,20-28,30-31,55-56H2,1-4H3,(H2,57,70)(H,58,68)(H,60,69)(H,61,74)(H,62,71)(H,63,75)(H,64,72)(H,65,77)(H,66,76)(H,67,73)/t39-,40-,41-,42-,43-,44-,45-,46-/m0/s1. The number of unbranched alkanes of at least 4 members (excludes halogenated alkanes) is 3. The largest absolute Gasteiger partial charge is 0.368 e. The highest BCUT2D eigenvalue weighted by molar-refractivity contribution is 8.76. The predicted molar refractivity (Wildman–Crippen MR) is 305 cm³/mol. The Morgan fingerprint density at radius 1 is 0.646 bits per heavy atom. The third-order valence-corrected chi connectivity index (χ3v) is 15.4. The second kappa shape index (κ2) is 34.3. The van der Waals surface area contributed by atoms with Crippen LogP contribution in [0.1, 0.15) is 103 Å². The molecular weight excluding hydrogens is 1050 g/mol. The summed E-state index contributed by atoms with van der Waals surface area (Å²) in [5.74, 6) is -7.24. The van der Waals surface area contributed by atoms with E-state index in [1.165, 1.54) is 13.8 Å². The number of para-hydroxylation sites is 1. The maximum absolute atomic E-state index is 14.7. The SMILES string of the molecule is CC(=O)NCCCC[C@@H]1NC(=O)[C@H](CCCCN)NC(=O)[C@H](Cc2c[nH]c3ccccc23)NC(=O)[C@@H](NC(C)=O)CSSC[C@@H](C(=O)N[C@@H](Cc2ccccc2)C(=O)N[C@@H](CCCCN)C(N)=O)NC(=O)[C@H](CC(C)C)NC1=O. The molecule has 79 heavy (non-hydrogen) atoms. The van der Waals surface area contributed by atoms with E-state index in [-0.39, 0.29) is 68.4 Å². The summed E-state index contributed by atoms with van der Waals surface area (Å²) in [7, 11) is 2.15. The van der Waals surface area contributed by atoms with Crippen molar-refractivity contribution in [3.63, 3.8) is 0 Å². The second-order valence-electron chi connectivity index (χ2n) is 20.1. The fourth-order valence-electron chi connectivity index (χ4n) is 8.79. The second-order valence-corrected chi connectivity index (χ2v) is 22.6. The molecule has 1 aliphatic heterocycles. The van der Waals surface area contributed by atoms with Crippen molar-refractivity contribution >= 4 is 91.6 Å². The van der Waals surface area contributed by atoms with E-state index >= 15 is 0 Å². The van der Waals surface area contributed by atoms with E-state index in [1.807, 2.05) is 38.1 Å². The Kier molecular flexibility index (Phi) is 28.2. The van der Waals surface area contributed by atoms with Crippen molar-refractivity contribution in [2.24, 2.45) is 23.1 Å². The number of aromatic amines is 1. The number of primary amides is 1. The number of hydrogen-bond donors (Lipinski definition) is 13. The minimum atomic E-state index is -1.40. The van der Waals surface area contributed by atoms with Crippen molar-refractivity contribution < 1.29 is 47.9 Å². The highest BCUT2D eigenvalue weighted by Gasteiger charge is 2.36. The number of amides is 10. The van der Waals surface area contributed by atoms with E-state index in [0.29, 0.717) is 62.7 Å². The number of rotatable bonds is 25. The van der Waals surface area contributed by atoms with Crippen LogP contribution in [0.15, 0.2) is 60.8 Å². The third-order valence-electron chi connectivity index (χ3n) is 13.0. The van der Waals surface area contributed by atoms with Gasteiger partial charge in [-0.25, -0.2) is 0 Å². The molecule has 23 nitrogen and oxygen atoms in total. The number of hydrogen-bond acceptors (Lipinski definition) is 14. The van der Waals surface area contributed by atoms with Gasteiger partial charge in [0.15, 0.2) is 0 Å². The molecule has 25 heteroatoms. The fraction of sp³-hybridized carbons (Fsp3) is 0.556. The van der Waals surface area contributed by atoms with Crippen LogP contribution in [0.2, 0.25) is 0 Å². The summed E-state index contributed by atoms with van der Waals surface area (Å²) in [5.41, 5.74) is 19.3. The summed E-state index contributed by atoms with van der Waals surface area (Å²) in [4.78, 5) is 141. The first-order valence-electron chi connectivity index (χ1n) is 27.0. The zero-order valence-corrected chi connectivity index (χ0v) is 47.3. The van der Waals surface area contributed by atoms with E-state index in [2.05, 4.69) is 52.8 Å². The lowest BCUT2D eigenvalue weighted by Crippen LogP contribution is -2.61. The molecule has 1 aliphatic rings. The van der Waals surface area contributed by atoms with Crippen molar-refractivity contribution in [3.8, 4) is 0 Å². The molecule has 434 valence electrons. The van der Waals surface area contributed by atoms with E-state index in [1.54, 1.807) is 36.5 Å². The summed E-state index contributed by atoms with van der Waals surface area (Å²) >= 11 is 0. The molecule has 2 aromatic carbocycles. The highest BCUT2D eigenvalue weighted by Crippen LogP contribution is 2.25. The number of nitrogens with two attached hydrogens (primary N) is 3. The van der Waals surface area contributed by atoms with Gasteiger partial charge in [0, 0.05) is 61.8 Å². The highest BCUT2D eigenvalue weighted by atomic mass is 33.1. The molecule has 16 N–H and O–H groups in total. The molecule has 0 spiro atoms. The lowest BCUT2D eigenvalue weighted by Gasteiger charge is -2.29. The van der Waals surface area contributed by atoms with Crippen molar-refractivity contribution in [1.82, 2.24) is 52.8 Å². The zero-order chi connectivity index (χ0) is 57.9. The van der Waals surface area contributed by atoms with Crippen LogP contribution in [0.4, 0.5) is 0 Å². The summed E-state index contributed by atoms with van der Waals surface area (Å²) in [6.07, 6.45) is 4.79. The minimum absolute atomic E-state index is 0.0279. The third kappa shape index (κ3) is 22.9. The van der Waals surface area contributed by atoms with Gasteiger partial charge in [-0.3, -0.25) is 47.9 Å². The van der Waals surface area contributed by atoms with Gasteiger partial charge in [0.25, 0.3) is 0 Å². The van der Waals surface area contributed by atoms with E-state index in [9.17, 15) is 47.9 Å². The van der Waals surface area contributed by atoms with Gasteiger partial charge in [0.2, 0.25) is 59.1 Å². The molecule has 0 aliphatic carbocycles. The van der Waals surface area contributed by atoms with Crippen molar-refractivity contribution in [3.05, 3.63) is 71.9 Å². The zero-order valence-electron chi connectivity index (χ0n) is 45.6. The fourth-order valence-corrected chi connectivity index (χ4v) is 11.1. The van der Waals surface area contributed by atoms with Crippen molar-refractivity contribution in [2.75, 3.05) is 31.1 Å².